The summed E-state index contributed by atoms with van der Waals surface area (Å²) in [5.74, 6) is 0. The monoisotopic (exact) mass is 215 g/mol. The molecule has 2 heterocycles. The maximum Gasteiger partial charge on any atom is 0.0951 e. The molecular weight excluding hydrogens is 194 g/mol. The zero-order chi connectivity index (χ0) is 10.7. The molecule has 2 atom stereocenters. The third-order valence-electron chi connectivity index (χ3n) is 3.61. The van der Waals surface area contributed by atoms with E-state index in [2.05, 4.69) is 11.9 Å². The van der Waals surface area contributed by atoms with E-state index in [1.807, 2.05) is 0 Å². The molecule has 0 aromatic rings. The van der Waals surface area contributed by atoms with Crippen LogP contribution in [0.2, 0.25) is 0 Å². The second kappa shape index (κ2) is 4.78. The van der Waals surface area contributed by atoms with Crippen molar-refractivity contribution in [2.24, 2.45) is 0 Å². The van der Waals surface area contributed by atoms with E-state index in [0.29, 0.717) is 6.04 Å². The largest absolute Gasteiger partial charge is 0.395 e. The minimum absolute atomic E-state index is 0.0212. The molecule has 0 bridgehead atoms. The number of ether oxygens (including phenoxy) is 2. The van der Waals surface area contributed by atoms with Crippen molar-refractivity contribution in [3.05, 3.63) is 0 Å². The lowest BCUT2D eigenvalue weighted by Crippen LogP contribution is -2.48. The Labute approximate surface area is 91.2 Å². The fraction of sp³-hybridized carbons (Fsp3) is 1.00. The van der Waals surface area contributed by atoms with Crippen LogP contribution >= 0.6 is 0 Å². The van der Waals surface area contributed by atoms with E-state index in [1.54, 1.807) is 0 Å². The van der Waals surface area contributed by atoms with E-state index in [9.17, 15) is 0 Å². The standard InChI is InChI=1S/C11H21NO3/c1-12(4-5-13)10-2-6-15-11(8-10)3-7-14-9-11/h10,13H,2-9H2,1H3. The zero-order valence-corrected chi connectivity index (χ0v) is 9.45. The Kier molecular flexibility index (Phi) is 3.61. The van der Waals surface area contributed by atoms with Gasteiger partial charge < -0.3 is 19.5 Å². The summed E-state index contributed by atoms with van der Waals surface area (Å²) in [6, 6.07) is 0.535. The topological polar surface area (TPSA) is 41.9 Å². The van der Waals surface area contributed by atoms with Crippen LogP contribution < -0.4 is 0 Å². The van der Waals surface area contributed by atoms with Crippen molar-refractivity contribution >= 4 is 0 Å². The summed E-state index contributed by atoms with van der Waals surface area (Å²) in [6.07, 6.45) is 3.14. The molecular formula is C11H21NO3. The van der Waals surface area contributed by atoms with Gasteiger partial charge in [0.2, 0.25) is 0 Å². The molecule has 0 aliphatic carbocycles. The molecule has 0 aromatic carbocycles. The van der Waals surface area contributed by atoms with E-state index in [-0.39, 0.29) is 12.2 Å². The second-order valence-electron chi connectivity index (χ2n) is 4.68. The van der Waals surface area contributed by atoms with Crippen molar-refractivity contribution < 1.29 is 14.6 Å². The van der Waals surface area contributed by atoms with Gasteiger partial charge in [0, 0.05) is 32.2 Å². The molecule has 2 unspecified atom stereocenters. The molecule has 4 nitrogen and oxygen atoms in total. The molecule has 0 saturated carbocycles. The molecule has 1 spiro atoms. The first-order valence-corrected chi connectivity index (χ1v) is 5.79. The van der Waals surface area contributed by atoms with Crippen LogP contribution in [-0.4, -0.2) is 61.7 Å². The molecule has 0 amide bonds. The minimum Gasteiger partial charge on any atom is -0.395 e. The van der Waals surface area contributed by atoms with Gasteiger partial charge in [-0.05, 0) is 19.9 Å². The molecule has 2 aliphatic rings. The smallest absolute Gasteiger partial charge is 0.0951 e. The SMILES string of the molecule is CN(CCO)C1CCOC2(CCOC2)C1. The van der Waals surface area contributed by atoms with Crippen LogP contribution in [0, 0.1) is 0 Å². The van der Waals surface area contributed by atoms with E-state index in [4.69, 9.17) is 14.6 Å². The normalized spacial score (nSPS) is 36.6. The highest BCUT2D eigenvalue weighted by Gasteiger charge is 2.41. The summed E-state index contributed by atoms with van der Waals surface area (Å²) >= 11 is 0. The summed E-state index contributed by atoms with van der Waals surface area (Å²) < 4.78 is 11.3. The van der Waals surface area contributed by atoms with Crippen LogP contribution in [0.4, 0.5) is 0 Å². The average Bonchev–Trinajstić information content (AvgIpc) is 2.67. The Balaban J connectivity index is 1.91. The summed E-state index contributed by atoms with van der Waals surface area (Å²) in [6.45, 7) is 3.38. The van der Waals surface area contributed by atoms with E-state index < -0.39 is 0 Å². The van der Waals surface area contributed by atoms with Crippen molar-refractivity contribution in [1.29, 1.82) is 0 Å². The number of hydrogen-bond acceptors (Lipinski definition) is 4. The second-order valence-corrected chi connectivity index (χ2v) is 4.68. The Morgan fingerprint density at radius 2 is 2.33 bits per heavy atom. The Bertz CT molecular complexity index is 204. The first kappa shape index (κ1) is 11.3. The van der Waals surface area contributed by atoms with Crippen LogP contribution in [0.5, 0.6) is 0 Å². The van der Waals surface area contributed by atoms with Gasteiger partial charge in [0.1, 0.15) is 0 Å². The van der Waals surface area contributed by atoms with Crippen LogP contribution in [0.25, 0.3) is 0 Å². The number of aliphatic hydroxyl groups is 1. The van der Waals surface area contributed by atoms with Gasteiger partial charge in [-0.1, -0.05) is 0 Å². The highest BCUT2D eigenvalue weighted by molar-refractivity contribution is 4.93. The van der Waals surface area contributed by atoms with Gasteiger partial charge in [-0.2, -0.15) is 0 Å². The van der Waals surface area contributed by atoms with Gasteiger partial charge in [0.05, 0.1) is 18.8 Å². The number of hydrogen-bond donors (Lipinski definition) is 1. The Hall–Kier alpha value is -0.160. The fourth-order valence-electron chi connectivity index (χ4n) is 2.58. The number of aliphatic hydroxyl groups excluding tert-OH is 1. The third kappa shape index (κ3) is 2.50. The Morgan fingerprint density at radius 3 is 3.00 bits per heavy atom. The van der Waals surface area contributed by atoms with Gasteiger partial charge in [-0.3, -0.25) is 0 Å². The van der Waals surface area contributed by atoms with Crippen molar-refractivity contribution in [3.63, 3.8) is 0 Å². The zero-order valence-electron chi connectivity index (χ0n) is 9.45. The highest BCUT2D eigenvalue weighted by atomic mass is 16.6. The molecule has 2 aliphatic heterocycles. The summed E-state index contributed by atoms with van der Waals surface area (Å²) in [7, 11) is 2.08. The lowest BCUT2D eigenvalue weighted by molar-refractivity contribution is -0.104. The van der Waals surface area contributed by atoms with Crippen LogP contribution in [0.3, 0.4) is 0 Å². The highest BCUT2D eigenvalue weighted by Crippen LogP contribution is 2.34. The van der Waals surface area contributed by atoms with Crippen molar-refractivity contribution in [3.8, 4) is 0 Å². The minimum atomic E-state index is -0.0212. The van der Waals surface area contributed by atoms with Gasteiger partial charge >= 0.3 is 0 Å². The van der Waals surface area contributed by atoms with Crippen LogP contribution in [0.15, 0.2) is 0 Å². The molecule has 0 aromatic heterocycles. The number of rotatable bonds is 3. The summed E-state index contributed by atoms with van der Waals surface area (Å²) in [5.41, 5.74) is -0.0212. The van der Waals surface area contributed by atoms with E-state index >= 15 is 0 Å². The summed E-state index contributed by atoms with van der Waals surface area (Å²) in [5, 5.41) is 8.93. The number of nitrogens with zero attached hydrogens (tertiary/aromatic N) is 1. The van der Waals surface area contributed by atoms with Crippen molar-refractivity contribution in [1.82, 2.24) is 4.90 Å². The molecule has 4 heteroatoms. The van der Waals surface area contributed by atoms with E-state index in [0.717, 1.165) is 45.6 Å². The first-order chi connectivity index (χ1) is 7.26. The van der Waals surface area contributed by atoms with Gasteiger partial charge in [-0.25, -0.2) is 0 Å². The molecule has 2 rings (SSSR count). The van der Waals surface area contributed by atoms with Gasteiger partial charge in [0.25, 0.3) is 0 Å². The van der Waals surface area contributed by atoms with Crippen molar-refractivity contribution in [2.75, 3.05) is 40.0 Å². The quantitative estimate of drug-likeness (QED) is 0.732. The maximum absolute atomic E-state index is 8.93. The van der Waals surface area contributed by atoms with Crippen molar-refractivity contribution in [2.45, 2.75) is 30.9 Å². The molecule has 2 fully saturated rings. The number of likely N-dealkylation sites (N-methyl/N-ethyl adjacent to an activating group) is 1. The molecule has 1 N–H and O–H groups in total. The molecule has 88 valence electrons. The maximum atomic E-state index is 8.93. The predicted molar refractivity (Wildman–Crippen MR) is 56.9 cm³/mol. The molecule has 0 radical (unpaired) electrons. The molecule has 2 saturated heterocycles. The lowest BCUT2D eigenvalue weighted by atomic mass is 9.89. The lowest BCUT2D eigenvalue weighted by Gasteiger charge is -2.40. The van der Waals surface area contributed by atoms with Gasteiger partial charge in [-0.15, -0.1) is 0 Å². The third-order valence-corrected chi connectivity index (χ3v) is 3.61. The van der Waals surface area contributed by atoms with Crippen LogP contribution in [-0.2, 0) is 9.47 Å². The van der Waals surface area contributed by atoms with Crippen LogP contribution in [0.1, 0.15) is 19.3 Å². The Morgan fingerprint density at radius 1 is 1.47 bits per heavy atom. The molecule has 15 heavy (non-hydrogen) atoms. The van der Waals surface area contributed by atoms with Gasteiger partial charge in [0.15, 0.2) is 0 Å². The first-order valence-electron chi connectivity index (χ1n) is 5.79. The van der Waals surface area contributed by atoms with E-state index in [1.165, 1.54) is 0 Å². The average molecular weight is 215 g/mol. The summed E-state index contributed by atoms with van der Waals surface area (Å²) in [4.78, 5) is 2.24. The fourth-order valence-corrected chi connectivity index (χ4v) is 2.58. The predicted octanol–water partition coefficient (Wildman–Crippen LogP) is 0.249.